The van der Waals surface area contributed by atoms with Crippen molar-refractivity contribution in [1.82, 2.24) is 0 Å². The van der Waals surface area contributed by atoms with Gasteiger partial charge in [0.15, 0.2) is 0 Å². The van der Waals surface area contributed by atoms with Gasteiger partial charge in [0, 0.05) is 0 Å². The molecule has 0 aromatic carbocycles. The van der Waals surface area contributed by atoms with E-state index in [0.29, 0.717) is 22.7 Å². The Morgan fingerprint density at radius 3 is 2.11 bits per heavy atom. The first kappa shape index (κ1) is 13.9. The summed E-state index contributed by atoms with van der Waals surface area (Å²) in [6.45, 7) is 12.2. The van der Waals surface area contributed by atoms with Crippen molar-refractivity contribution < 1.29 is 5.11 Å². The largest absolute Gasteiger partial charge is 0.393 e. The second-order valence-electron chi connectivity index (χ2n) is 8.87. The Morgan fingerprint density at radius 2 is 1.58 bits per heavy atom. The molecule has 3 rings (SSSR count). The molecular formula is C18H32O. The number of rotatable bonds is 1. The molecule has 3 aliphatic rings. The van der Waals surface area contributed by atoms with E-state index < -0.39 is 0 Å². The number of hydrogen-bond acceptors (Lipinski definition) is 1. The Bertz CT molecular complexity index is 361. The number of aliphatic hydroxyl groups excluding tert-OH is 1. The highest BCUT2D eigenvalue weighted by Gasteiger charge is 2.63. The summed E-state index contributed by atoms with van der Waals surface area (Å²) < 4.78 is 0. The van der Waals surface area contributed by atoms with Crippen molar-refractivity contribution >= 4 is 0 Å². The third-order valence-corrected chi connectivity index (χ3v) is 8.10. The quantitative estimate of drug-likeness (QED) is 0.739. The lowest BCUT2D eigenvalue weighted by atomic mass is 9.58. The molecule has 0 aliphatic heterocycles. The van der Waals surface area contributed by atoms with Crippen LogP contribution in [0.15, 0.2) is 0 Å². The second-order valence-corrected chi connectivity index (χ2v) is 8.87. The maximum atomic E-state index is 10.6. The van der Waals surface area contributed by atoms with Crippen molar-refractivity contribution in [2.24, 2.45) is 40.4 Å². The maximum Gasteiger partial charge on any atom is 0.0574 e. The fraction of sp³-hybridized carbons (Fsp3) is 1.00. The molecule has 3 saturated carbocycles. The predicted octanol–water partition coefficient (Wildman–Crippen LogP) is 4.49. The molecule has 1 N–H and O–H groups in total. The predicted molar refractivity (Wildman–Crippen MR) is 79.8 cm³/mol. The van der Waals surface area contributed by atoms with Gasteiger partial charge in [0.05, 0.1) is 6.10 Å². The highest BCUT2D eigenvalue weighted by molar-refractivity contribution is 5.12. The van der Waals surface area contributed by atoms with Crippen LogP contribution in [0.5, 0.6) is 0 Å². The molecule has 0 amide bonds. The van der Waals surface area contributed by atoms with E-state index in [1.54, 1.807) is 0 Å². The summed E-state index contributed by atoms with van der Waals surface area (Å²) in [5, 5.41) is 10.6. The van der Waals surface area contributed by atoms with Gasteiger partial charge in [0.25, 0.3) is 0 Å². The van der Waals surface area contributed by atoms with Gasteiger partial charge in [0.2, 0.25) is 0 Å². The van der Waals surface area contributed by atoms with E-state index in [0.717, 1.165) is 24.2 Å². The van der Waals surface area contributed by atoms with Crippen molar-refractivity contribution in [3.8, 4) is 0 Å². The third kappa shape index (κ3) is 1.76. The fourth-order valence-electron chi connectivity index (χ4n) is 5.95. The van der Waals surface area contributed by atoms with Gasteiger partial charge < -0.3 is 5.11 Å². The minimum atomic E-state index is -0.0387. The Morgan fingerprint density at radius 1 is 0.947 bits per heavy atom. The van der Waals surface area contributed by atoms with Crippen LogP contribution in [0.25, 0.3) is 0 Å². The first-order chi connectivity index (χ1) is 8.77. The molecule has 0 heterocycles. The Kier molecular flexibility index (Phi) is 3.10. The Hall–Kier alpha value is -0.0400. The van der Waals surface area contributed by atoms with Crippen LogP contribution in [0, 0.1) is 40.4 Å². The first-order valence-electron chi connectivity index (χ1n) is 8.45. The van der Waals surface area contributed by atoms with Crippen molar-refractivity contribution in [3.05, 3.63) is 0 Å². The van der Waals surface area contributed by atoms with Gasteiger partial charge in [0.1, 0.15) is 0 Å². The van der Waals surface area contributed by atoms with Crippen molar-refractivity contribution in [1.29, 1.82) is 0 Å². The lowest BCUT2D eigenvalue weighted by Gasteiger charge is -2.47. The minimum absolute atomic E-state index is 0.0387. The van der Waals surface area contributed by atoms with Gasteiger partial charge in [-0.3, -0.25) is 0 Å². The average molecular weight is 264 g/mol. The van der Waals surface area contributed by atoms with Crippen LogP contribution in [0.3, 0.4) is 0 Å². The Balaban J connectivity index is 1.84. The zero-order chi connectivity index (χ0) is 14.0. The van der Waals surface area contributed by atoms with Gasteiger partial charge in [-0.15, -0.1) is 0 Å². The molecule has 1 nitrogen and oxygen atoms in total. The highest BCUT2D eigenvalue weighted by atomic mass is 16.3. The van der Waals surface area contributed by atoms with Crippen molar-refractivity contribution in [3.63, 3.8) is 0 Å². The molecule has 2 bridgehead atoms. The zero-order valence-electron chi connectivity index (χ0n) is 13.4. The average Bonchev–Trinajstić information content (AvgIpc) is 2.66. The molecule has 110 valence electrons. The molecule has 3 aliphatic carbocycles. The smallest absolute Gasteiger partial charge is 0.0574 e. The normalized spacial score (nSPS) is 56.5. The van der Waals surface area contributed by atoms with E-state index in [1.165, 1.54) is 25.7 Å². The van der Waals surface area contributed by atoms with Gasteiger partial charge in [-0.2, -0.15) is 0 Å². The molecule has 0 aromatic rings. The molecular weight excluding hydrogens is 232 g/mol. The monoisotopic (exact) mass is 264 g/mol. The Labute approximate surface area is 119 Å². The fourth-order valence-corrected chi connectivity index (χ4v) is 5.95. The van der Waals surface area contributed by atoms with E-state index >= 15 is 0 Å². The molecule has 0 radical (unpaired) electrons. The van der Waals surface area contributed by atoms with Gasteiger partial charge >= 0.3 is 0 Å². The van der Waals surface area contributed by atoms with E-state index in [-0.39, 0.29) is 6.10 Å². The standard InChI is InChI=1S/C18H32O/c1-11-8-14(16(19)9-12(11)2)15-10-13-6-7-18(15,5)17(13,3)4/h11-16,19H,6-10H2,1-5H3/t11-,12-,13-,14+,15-,16+,18-/m1/s1. The molecule has 19 heavy (non-hydrogen) atoms. The van der Waals surface area contributed by atoms with Crippen molar-refractivity contribution in [2.75, 3.05) is 0 Å². The van der Waals surface area contributed by atoms with E-state index in [4.69, 9.17) is 0 Å². The lowest BCUT2D eigenvalue weighted by Crippen LogP contribution is -2.44. The summed E-state index contributed by atoms with van der Waals surface area (Å²) in [6, 6.07) is 0. The number of aliphatic hydroxyl groups is 1. The van der Waals surface area contributed by atoms with Crippen LogP contribution in [0.1, 0.15) is 66.7 Å². The van der Waals surface area contributed by atoms with E-state index in [1.807, 2.05) is 0 Å². The summed E-state index contributed by atoms with van der Waals surface area (Å²) >= 11 is 0. The van der Waals surface area contributed by atoms with Gasteiger partial charge in [-0.05, 0) is 72.5 Å². The van der Waals surface area contributed by atoms with Gasteiger partial charge in [-0.1, -0.05) is 34.6 Å². The summed E-state index contributed by atoms with van der Waals surface area (Å²) in [4.78, 5) is 0. The van der Waals surface area contributed by atoms with Crippen LogP contribution in [-0.2, 0) is 0 Å². The van der Waals surface area contributed by atoms with Crippen LogP contribution in [0.2, 0.25) is 0 Å². The number of fused-ring (bicyclic) bond motifs is 2. The van der Waals surface area contributed by atoms with E-state index in [2.05, 4.69) is 34.6 Å². The third-order valence-electron chi connectivity index (χ3n) is 8.10. The topological polar surface area (TPSA) is 20.2 Å². The molecule has 0 spiro atoms. The van der Waals surface area contributed by atoms with Crippen LogP contribution >= 0.6 is 0 Å². The van der Waals surface area contributed by atoms with Gasteiger partial charge in [-0.25, -0.2) is 0 Å². The lowest BCUT2D eigenvalue weighted by molar-refractivity contribution is -0.0469. The van der Waals surface area contributed by atoms with Crippen LogP contribution < -0.4 is 0 Å². The molecule has 0 unspecified atom stereocenters. The second kappa shape index (κ2) is 4.23. The summed E-state index contributed by atoms with van der Waals surface area (Å²) in [5.41, 5.74) is 0.966. The molecule has 0 saturated heterocycles. The SMILES string of the molecule is C[C@@H]1C[C@@H]([C@H]2C[C@H]3CC[C@@]2(C)C3(C)C)[C@@H](O)C[C@H]1C. The molecule has 7 atom stereocenters. The minimum Gasteiger partial charge on any atom is -0.393 e. The van der Waals surface area contributed by atoms with Crippen molar-refractivity contribution in [2.45, 2.75) is 72.8 Å². The van der Waals surface area contributed by atoms with Crippen LogP contribution in [-0.4, -0.2) is 11.2 Å². The molecule has 1 heteroatoms. The zero-order valence-corrected chi connectivity index (χ0v) is 13.4. The van der Waals surface area contributed by atoms with Crippen LogP contribution in [0.4, 0.5) is 0 Å². The summed E-state index contributed by atoms with van der Waals surface area (Å²) in [7, 11) is 0. The number of hydrogen-bond donors (Lipinski definition) is 1. The molecule has 3 fully saturated rings. The first-order valence-corrected chi connectivity index (χ1v) is 8.45. The molecule has 0 aromatic heterocycles. The van der Waals surface area contributed by atoms with E-state index in [9.17, 15) is 5.11 Å². The summed E-state index contributed by atoms with van der Waals surface area (Å²) in [6.07, 6.45) is 6.45. The summed E-state index contributed by atoms with van der Waals surface area (Å²) in [5.74, 6) is 3.74. The maximum absolute atomic E-state index is 10.6. The highest BCUT2D eigenvalue weighted by Crippen LogP contribution is 2.70.